The number of amides is 1. The Morgan fingerprint density at radius 1 is 1.26 bits per heavy atom. The Hall–Kier alpha value is -1.33. The first-order valence-corrected chi connectivity index (χ1v) is 9.07. The van der Waals surface area contributed by atoms with Crippen molar-refractivity contribution in [2.24, 2.45) is 0 Å². The fraction of sp³-hybridized carbons (Fsp3) is 0.722. The molecule has 5 nitrogen and oxygen atoms in total. The number of ether oxygens (including phenoxy) is 1. The van der Waals surface area contributed by atoms with E-state index < -0.39 is 0 Å². The molecule has 1 atom stereocenters. The van der Waals surface area contributed by atoms with Crippen LogP contribution in [0, 0.1) is 0 Å². The van der Waals surface area contributed by atoms with Crippen LogP contribution >= 0.6 is 0 Å². The van der Waals surface area contributed by atoms with Crippen molar-refractivity contribution in [2.45, 2.75) is 45.1 Å². The molecule has 1 N–H and O–H groups in total. The number of aromatic amines is 1. The second-order valence-electron chi connectivity index (χ2n) is 6.64. The quantitative estimate of drug-likeness (QED) is 0.906. The molecular weight excluding hydrogens is 290 g/mol. The summed E-state index contributed by atoms with van der Waals surface area (Å²) < 4.78 is 5.41. The van der Waals surface area contributed by atoms with Crippen molar-refractivity contribution in [3.05, 3.63) is 23.5 Å². The van der Waals surface area contributed by atoms with Gasteiger partial charge in [0.05, 0.1) is 13.2 Å². The van der Waals surface area contributed by atoms with Crippen LogP contribution in [0.1, 0.15) is 48.8 Å². The number of carbonyl (C=O) groups excluding carboxylic acids is 1. The molecule has 1 amide bonds. The zero-order chi connectivity index (χ0) is 16.1. The lowest BCUT2D eigenvalue weighted by Gasteiger charge is -2.37. The van der Waals surface area contributed by atoms with Crippen molar-refractivity contribution >= 4 is 5.91 Å². The van der Waals surface area contributed by atoms with Gasteiger partial charge in [0, 0.05) is 37.9 Å². The number of rotatable bonds is 5. The third kappa shape index (κ3) is 4.15. The predicted molar refractivity (Wildman–Crippen MR) is 90.7 cm³/mol. The molecule has 0 saturated carbocycles. The lowest BCUT2D eigenvalue weighted by atomic mass is 9.98. The van der Waals surface area contributed by atoms with E-state index in [0.29, 0.717) is 6.04 Å². The summed E-state index contributed by atoms with van der Waals surface area (Å²) in [6.07, 6.45) is 5.52. The van der Waals surface area contributed by atoms with Crippen LogP contribution in [-0.2, 0) is 11.2 Å². The topological polar surface area (TPSA) is 48.6 Å². The Morgan fingerprint density at radius 3 is 2.83 bits per heavy atom. The normalized spacial score (nSPS) is 23.2. The maximum absolute atomic E-state index is 12.9. The minimum Gasteiger partial charge on any atom is -0.379 e. The van der Waals surface area contributed by atoms with Gasteiger partial charge in [0.1, 0.15) is 5.69 Å². The largest absolute Gasteiger partial charge is 0.379 e. The van der Waals surface area contributed by atoms with Gasteiger partial charge in [0.25, 0.3) is 5.91 Å². The number of aryl methyl sites for hydroxylation is 1. The molecule has 1 aromatic rings. The summed E-state index contributed by atoms with van der Waals surface area (Å²) in [6, 6.07) is 4.35. The molecule has 2 aliphatic rings. The first kappa shape index (κ1) is 16.5. The van der Waals surface area contributed by atoms with E-state index in [-0.39, 0.29) is 5.91 Å². The molecule has 1 unspecified atom stereocenters. The number of piperidine rings is 1. The summed E-state index contributed by atoms with van der Waals surface area (Å²) in [5, 5.41) is 0. The number of likely N-dealkylation sites (tertiary alicyclic amines) is 1. The Kier molecular flexibility index (Phi) is 5.73. The van der Waals surface area contributed by atoms with Crippen LogP contribution in [0.5, 0.6) is 0 Å². The molecule has 0 aromatic carbocycles. The molecule has 3 heterocycles. The van der Waals surface area contributed by atoms with E-state index >= 15 is 0 Å². The molecule has 5 heteroatoms. The number of nitrogens with one attached hydrogen (secondary N) is 1. The number of nitrogens with zero attached hydrogens (tertiary/aromatic N) is 2. The van der Waals surface area contributed by atoms with E-state index in [1.807, 2.05) is 12.1 Å². The van der Waals surface area contributed by atoms with E-state index in [0.717, 1.165) is 76.5 Å². The zero-order valence-electron chi connectivity index (χ0n) is 14.2. The number of H-pyrrole nitrogens is 1. The second kappa shape index (κ2) is 7.97. The molecule has 0 bridgehead atoms. The fourth-order valence-electron chi connectivity index (χ4n) is 3.65. The van der Waals surface area contributed by atoms with E-state index in [9.17, 15) is 4.79 Å². The van der Waals surface area contributed by atoms with Gasteiger partial charge in [-0.1, -0.05) is 6.92 Å². The Balaban J connectivity index is 1.59. The van der Waals surface area contributed by atoms with E-state index in [1.165, 1.54) is 6.42 Å². The van der Waals surface area contributed by atoms with E-state index in [2.05, 4.69) is 21.7 Å². The molecular formula is C18H29N3O2. The number of morpholine rings is 1. The van der Waals surface area contributed by atoms with Crippen LogP contribution in [0.4, 0.5) is 0 Å². The highest BCUT2D eigenvalue weighted by molar-refractivity contribution is 5.92. The summed E-state index contributed by atoms with van der Waals surface area (Å²) in [5.74, 6) is 0.177. The standard InChI is InChI=1S/C18H29N3O2/c1-2-15-6-7-17(19-15)18(22)21-9-4-3-5-16(21)8-10-20-11-13-23-14-12-20/h6-7,16,19H,2-5,8-14H2,1H3. The van der Waals surface area contributed by atoms with Gasteiger partial charge < -0.3 is 14.6 Å². The molecule has 0 aliphatic carbocycles. The monoisotopic (exact) mass is 319 g/mol. The van der Waals surface area contributed by atoms with Gasteiger partial charge in [0.15, 0.2) is 0 Å². The van der Waals surface area contributed by atoms with Crippen LogP contribution in [0.3, 0.4) is 0 Å². The lowest BCUT2D eigenvalue weighted by Crippen LogP contribution is -2.46. The maximum Gasteiger partial charge on any atom is 0.270 e. The highest BCUT2D eigenvalue weighted by Crippen LogP contribution is 2.22. The van der Waals surface area contributed by atoms with Crippen molar-refractivity contribution in [3.63, 3.8) is 0 Å². The molecule has 2 saturated heterocycles. The average molecular weight is 319 g/mol. The van der Waals surface area contributed by atoms with Gasteiger partial charge in [0.2, 0.25) is 0 Å². The van der Waals surface area contributed by atoms with Crippen molar-refractivity contribution in [1.29, 1.82) is 0 Å². The Bertz CT molecular complexity index is 508. The smallest absolute Gasteiger partial charge is 0.270 e. The number of hydrogen-bond donors (Lipinski definition) is 1. The third-order valence-corrected chi connectivity index (χ3v) is 5.13. The van der Waals surface area contributed by atoms with Crippen LogP contribution in [-0.4, -0.2) is 66.1 Å². The number of carbonyl (C=O) groups is 1. The third-order valence-electron chi connectivity index (χ3n) is 5.13. The van der Waals surface area contributed by atoms with Gasteiger partial charge in [-0.3, -0.25) is 9.69 Å². The zero-order valence-corrected chi connectivity index (χ0v) is 14.2. The van der Waals surface area contributed by atoms with Gasteiger partial charge in [-0.15, -0.1) is 0 Å². The van der Waals surface area contributed by atoms with E-state index in [1.54, 1.807) is 0 Å². The Morgan fingerprint density at radius 2 is 2.09 bits per heavy atom. The molecule has 2 aliphatic heterocycles. The van der Waals surface area contributed by atoms with Crippen molar-refractivity contribution in [2.75, 3.05) is 39.4 Å². The van der Waals surface area contributed by atoms with E-state index in [4.69, 9.17) is 4.74 Å². The minimum atomic E-state index is 0.177. The van der Waals surface area contributed by atoms with Gasteiger partial charge in [-0.05, 0) is 44.2 Å². The van der Waals surface area contributed by atoms with Crippen molar-refractivity contribution in [3.8, 4) is 0 Å². The average Bonchev–Trinajstić information content (AvgIpc) is 3.10. The maximum atomic E-state index is 12.9. The molecule has 23 heavy (non-hydrogen) atoms. The summed E-state index contributed by atoms with van der Waals surface area (Å²) in [7, 11) is 0. The van der Waals surface area contributed by atoms with Crippen LogP contribution in [0.15, 0.2) is 12.1 Å². The summed E-state index contributed by atoms with van der Waals surface area (Å²) in [6.45, 7) is 7.81. The molecule has 0 radical (unpaired) electrons. The molecule has 0 spiro atoms. The molecule has 2 fully saturated rings. The van der Waals surface area contributed by atoms with Gasteiger partial charge in [-0.25, -0.2) is 0 Å². The van der Waals surface area contributed by atoms with Crippen molar-refractivity contribution in [1.82, 2.24) is 14.8 Å². The second-order valence-corrected chi connectivity index (χ2v) is 6.64. The molecule has 1 aromatic heterocycles. The summed E-state index contributed by atoms with van der Waals surface area (Å²) >= 11 is 0. The SMILES string of the molecule is CCc1ccc(C(=O)N2CCCCC2CCN2CCOCC2)[nH]1. The summed E-state index contributed by atoms with van der Waals surface area (Å²) in [4.78, 5) is 20.7. The number of hydrogen-bond acceptors (Lipinski definition) is 3. The Labute approximate surface area is 139 Å². The molecule has 3 rings (SSSR count). The predicted octanol–water partition coefficient (Wildman–Crippen LogP) is 2.29. The highest BCUT2D eigenvalue weighted by atomic mass is 16.5. The van der Waals surface area contributed by atoms with Gasteiger partial charge >= 0.3 is 0 Å². The van der Waals surface area contributed by atoms with Crippen molar-refractivity contribution < 1.29 is 9.53 Å². The van der Waals surface area contributed by atoms with Gasteiger partial charge in [-0.2, -0.15) is 0 Å². The fourth-order valence-corrected chi connectivity index (χ4v) is 3.65. The summed E-state index contributed by atoms with van der Waals surface area (Å²) in [5.41, 5.74) is 1.88. The highest BCUT2D eigenvalue weighted by Gasteiger charge is 2.28. The van der Waals surface area contributed by atoms with Crippen LogP contribution in [0.2, 0.25) is 0 Å². The van der Waals surface area contributed by atoms with Crippen LogP contribution in [0.25, 0.3) is 0 Å². The first-order valence-electron chi connectivity index (χ1n) is 9.07. The minimum absolute atomic E-state index is 0.177. The lowest BCUT2D eigenvalue weighted by molar-refractivity contribution is 0.0295. The number of aromatic nitrogens is 1. The first-order chi connectivity index (χ1) is 11.3. The van der Waals surface area contributed by atoms with Crippen LogP contribution < -0.4 is 0 Å². The molecule has 128 valence electrons.